The SMILES string of the molecule is C=C/C=C(C)\C(N)=C/C=C. The van der Waals surface area contributed by atoms with Crippen LogP contribution in [0.2, 0.25) is 0 Å². The third kappa shape index (κ3) is 2.92. The quantitative estimate of drug-likeness (QED) is 0.589. The molecule has 0 heterocycles. The molecular weight excluding hydrogens is 122 g/mol. The molecule has 0 amide bonds. The second-order valence-electron chi connectivity index (χ2n) is 1.94. The molecule has 0 unspecified atom stereocenters. The Morgan fingerprint density at radius 2 is 1.70 bits per heavy atom. The molecule has 1 nitrogen and oxygen atoms in total. The van der Waals surface area contributed by atoms with E-state index in [4.69, 9.17) is 5.73 Å². The van der Waals surface area contributed by atoms with Crippen molar-refractivity contribution in [2.24, 2.45) is 5.73 Å². The van der Waals surface area contributed by atoms with Gasteiger partial charge in [0.15, 0.2) is 0 Å². The summed E-state index contributed by atoms with van der Waals surface area (Å²) >= 11 is 0. The molecule has 0 aromatic carbocycles. The minimum absolute atomic E-state index is 0.731. The summed E-state index contributed by atoms with van der Waals surface area (Å²) in [5, 5.41) is 0. The van der Waals surface area contributed by atoms with Crippen LogP contribution in [0.4, 0.5) is 0 Å². The zero-order valence-corrected chi connectivity index (χ0v) is 6.30. The lowest BCUT2D eigenvalue weighted by Crippen LogP contribution is -1.96. The third-order valence-electron chi connectivity index (χ3n) is 1.12. The first-order valence-corrected chi connectivity index (χ1v) is 3.10. The van der Waals surface area contributed by atoms with E-state index in [9.17, 15) is 0 Å². The smallest absolute Gasteiger partial charge is 0.0343 e. The van der Waals surface area contributed by atoms with Gasteiger partial charge in [0.2, 0.25) is 0 Å². The van der Waals surface area contributed by atoms with Gasteiger partial charge in [-0.25, -0.2) is 0 Å². The van der Waals surface area contributed by atoms with Crippen LogP contribution >= 0.6 is 0 Å². The number of hydrogen-bond acceptors (Lipinski definition) is 1. The van der Waals surface area contributed by atoms with E-state index in [2.05, 4.69) is 13.2 Å². The molecule has 54 valence electrons. The first-order chi connectivity index (χ1) is 4.72. The average molecular weight is 135 g/mol. The topological polar surface area (TPSA) is 26.0 Å². The van der Waals surface area contributed by atoms with Gasteiger partial charge in [0.25, 0.3) is 0 Å². The van der Waals surface area contributed by atoms with E-state index in [1.165, 1.54) is 0 Å². The zero-order chi connectivity index (χ0) is 7.98. The Morgan fingerprint density at radius 1 is 1.20 bits per heavy atom. The van der Waals surface area contributed by atoms with E-state index in [0.29, 0.717) is 0 Å². The van der Waals surface area contributed by atoms with Crippen molar-refractivity contribution in [2.75, 3.05) is 0 Å². The highest BCUT2D eigenvalue weighted by atomic mass is 14.6. The molecule has 0 aliphatic rings. The summed E-state index contributed by atoms with van der Waals surface area (Å²) in [6.07, 6.45) is 6.99. The lowest BCUT2D eigenvalue weighted by molar-refractivity contribution is 1.29. The molecule has 0 atom stereocenters. The highest BCUT2D eigenvalue weighted by Crippen LogP contribution is 2.01. The maximum atomic E-state index is 5.59. The standard InChI is InChI=1S/C9H13N/c1-4-6-8(3)9(10)7-5-2/h4-7H,1-2,10H2,3H3/b8-6-,9-7+. The van der Waals surface area contributed by atoms with Gasteiger partial charge in [0.05, 0.1) is 0 Å². The molecule has 0 spiro atoms. The highest BCUT2D eigenvalue weighted by Gasteiger charge is 1.87. The molecule has 0 fully saturated rings. The minimum Gasteiger partial charge on any atom is -0.399 e. The van der Waals surface area contributed by atoms with Crippen LogP contribution in [0.15, 0.2) is 48.7 Å². The van der Waals surface area contributed by atoms with E-state index in [-0.39, 0.29) is 0 Å². The predicted molar refractivity (Wildman–Crippen MR) is 46.4 cm³/mol. The molecule has 0 bridgehead atoms. The van der Waals surface area contributed by atoms with Crippen LogP contribution in [-0.2, 0) is 0 Å². The maximum Gasteiger partial charge on any atom is 0.0343 e. The lowest BCUT2D eigenvalue weighted by atomic mass is 10.2. The maximum absolute atomic E-state index is 5.59. The Morgan fingerprint density at radius 3 is 2.10 bits per heavy atom. The minimum atomic E-state index is 0.731. The fraction of sp³-hybridized carbons (Fsp3) is 0.111. The average Bonchev–Trinajstić information content (AvgIpc) is 1.89. The summed E-state index contributed by atoms with van der Waals surface area (Å²) in [5.41, 5.74) is 7.33. The molecule has 2 N–H and O–H groups in total. The zero-order valence-electron chi connectivity index (χ0n) is 6.30. The van der Waals surface area contributed by atoms with Crippen LogP contribution in [0.3, 0.4) is 0 Å². The molecule has 0 aliphatic heterocycles. The van der Waals surface area contributed by atoms with Gasteiger partial charge in [-0.15, -0.1) is 0 Å². The first-order valence-electron chi connectivity index (χ1n) is 3.10. The van der Waals surface area contributed by atoms with Crippen molar-refractivity contribution in [1.82, 2.24) is 0 Å². The van der Waals surface area contributed by atoms with E-state index in [1.807, 2.05) is 13.0 Å². The Hall–Kier alpha value is -1.24. The molecule has 0 aliphatic carbocycles. The van der Waals surface area contributed by atoms with E-state index < -0.39 is 0 Å². The van der Waals surface area contributed by atoms with Crippen molar-refractivity contribution in [3.63, 3.8) is 0 Å². The van der Waals surface area contributed by atoms with E-state index in [0.717, 1.165) is 11.3 Å². The normalized spacial score (nSPS) is 12.9. The van der Waals surface area contributed by atoms with Crippen LogP contribution in [0.25, 0.3) is 0 Å². The van der Waals surface area contributed by atoms with Gasteiger partial charge in [-0.05, 0) is 18.6 Å². The molecule has 0 aromatic heterocycles. The monoisotopic (exact) mass is 135 g/mol. The van der Waals surface area contributed by atoms with Crippen molar-refractivity contribution in [3.05, 3.63) is 48.7 Å². The molecule has 0 saturated carbocycles. The predicted octanol–water partition coefficient (Wildman–Crippen LogP) is 2.15. The number of hydrogen-bond donors (Lipinski definition) is 1. The largest absolute Gasteiger partial charge is 0.399 e. The van der Waals surface area contributed by atoms with Crippen LogP contribution in [0.5, 0.6) is 0 Å². The summed E-state index contributed by atoms with van der Waals surface area (Å²) in [6.45, 7) is 9.02. The van der Waals surface area contributed by atoms with Crippen molar-refractivity contribution < 1.29 is 0 Å². The van der Waals surface area contributed by atoms with Gasteiger partial charge < -0.3 is 5.73 Å². The Bertz CT molecular complexity index is 163. The van der Waals surface area contributed by atoms with Gasteiger partial charge in [-0.1, -0.05) is 31.4 Å². The Labute approximate surface area is 62.2 Å². The highest BCUT2D eigenvalue weighted by molar-refractivity contribution is 5.31. The summed E-state index contributed by atoms with van der Waals surface area (Å²) < 4.78 is 0. The molecule has 1 heteroatoms. The van der Waals surface area contributed by atoms with Gasteiger partial charge in [0, 0.05) is 5.70 Å². The van der Waals surface area contributed by atoms with Crippen molar-refractivity contribution in [2.45, 2.75) is 6.92 Å². The van der Waals surface area contributed by atoms with Crippen LogP contribution in [0, 0.1) is 0 Å². The molecule has 0 radical (unpaired) electrons. The van der Waals surface area contributed by atoms with Crippen molar-refractivity contribution in [1.29, 1.82) is 0 Å². The first kappa shape index (κ1) is 8.76. The second-order valence-corrected chi connectivity index (χ2v) is 1.94. The number of rotatable bonds is 3. The molecular formula is C9H13N. The summed E-state index contributed by atoms with van der Waals surface area (Å²) in [5.74, 6) is 0. The lowest BCUT2D eigenvalue weighted by Gasteiger charge is -1.96. The van der Waals surface area contributed by atoms with Crippen molar-refractivity contribution >= 4 is 0 Å². The van der Waals surface area contributed by atoms with Crippen LogP contribution in [0.1, 0.15) is 6.92 Å². The van der Waals surface area contributed by atoms with E-state index >= 15 is 0 Å². The van der Waals surface area contributed by atoms with Crippen LogP contribution in [-0.4, -0.2) is 0 Å². The van der Waals surface area contributed by atoms with Gasteiger partial charge >= 0.3 is 0 Å². The molecule has 0 saturated heterocycles. The van der Waals surface area contributed by atoms with Crippen LogP contribution < -0.4 is 5.73 Å². The molecule has 10 heavy (non-hydrogen) atoms. The van der Waals surface area contributed by atoms with E-state index in [1.54, 1.807) is 18.2 Å². The fourth-order valence-electron chi connectivity index (χ4n) is 0.531. The van der Waals surface area contributed by atoms with Crippen molar-refractivity contribution in [3.8, 4) is 0 Å². The Kier molecular flexibility index (Phi) is 4.05. The molecule has 0 rings (SSSR count). The number of nitrogens with two attached hydrogens (primary N) is 1. The second kappa shape index (κ2) is 4.62. The number of allylic oxidation sites excluding steroid dienone is 5. The van der Waals surface area contributed by atoms with Gasteiger partial charge in [-0.2, -0.15) is 0 Å². The van der Waals surface area contributed by atoms with Gasteiger partial charge in [-0.3, -0.25) is 0 Å². The summed E-state index contributed by atoms with van der Waals surface area (Å²) in [4.78, 5) is 0. The van der Waals surface area contributed by atoms with Gasteiger partial charge in [0.1, 0.15) is 0 Å². The third-order valence-corrected chi connectivity index (χ3v) is 1.12. The fourth-order valence-corrected chi connectivity index (χ4v) is 0.531. The molecule has 0 aromatic rings. The summed E-state index contributed by atoms with van der Waals surface area (Å²) in [7, 11) is 0. The summed E-state index contributed by atoms with van der Waals surface area (Å²) in [6, 6.07) is 0. The Balaban J connectivity index is 4.33.